The zero-order chi connectivity index (χ0) is 24.1. The number of aliphatic hydroxyl groups excluding tert-OH is 1. The van der Waals surface area contributed by atoms with Crippen LogP contribution in [0.4, 0.5) is 8.78 Å². The summed E-state index contributed by atoms with van der Waals surface area (Å²) >= 11 is 0. The maximum Gasteiger partial charge on any atom is 0.231 e. The fourth-order valence-electron chi connectivity index (χ4n) is 3.32. The Balaban J connectivity index is 0.00000138. The van der Waals surface area contributed by atoms with Gasteiger partial charge >= 0.3 is 0 Å². The molecule has 1 aromatic carbocycles. The van der Waals surface area contributed by atoms with E-state index in [1.165, 1.54) is 12.1 Å². The lowest BCUT2D eigenvalue weighted by Crippen LogP contribution is -2.56. The van der Waals surface area contributed by atoms with Crippen molar-refractivity contribution in [2.24, 2.45) is 17.4 Å². The highest BCUT2D eigenvalue weighted by Gasteiger charge is 2.36. The van der Waals surface area contributed by atoms with Crippen molar-refractivity contribution in [3.05, 3.63) is 52.7 Å². The fourth-order valence-corrected chi connectivity index (χ4v) is 3.32. The molecule has 1 aliphatic carbocycles. The lowest BCUT2D eigenvalue weighted by atomic mass is 9.85. The number of nitrogens with two attached hydrogens (primary N) is 2. The molecule has 1 aromatic rings. The molecule has 1 heterocycles. The highest BCUT2D eigenvalue weighted by molar-refractivity contribution is 5.83. The smallest absolute Gasteiger partial charge is 0.231 e. The molecule has 1 amide bonds. The Morgan fingerprint density at radius 2 is 1.68 bits per heavy atom. The summed E-state index contributed by atoms with van der Waals surface area (Å²) in [5.41, 5.74) is 12.7. The molecule has 3 rings (SSSR count). The molecule has 0 bridgehead atoms. The van der Waals surface area contributed by atoms with Crippen LogP contribution in [0.3, 0.4) is 0 Å². The molecule has 1 saturated heterocycles. The van der Waals surface area contributed by atoms with Crippen molar-refractivity contribution in [3.8, 4) is 12.8 Å². The number of allylic oxidation sites excluding steroid dienone is 2. The maximum absolute atomic E-state index is 13.9. The van der Waals surface area contributed by atoms with Crippen molar-refractivity contribution in [2.45, 2.75) is 53.1 Å². The lowest BCUT2D eigenvalue weighted by molar-refractivity contribution is -0.144. The van der Waals surface area contributed by atoms with Crippen LogP contribution in [0.25, 0.3) is 5.70 Å². The second kappa shape index (κ2) is 14.2. The minimum atomic E-state index is -0.745. The molecular weight excluding hydrogens is 400 g/mol. The molecule has 5 N–H and O–H groups in total. The normalized spacial score (nSPS) is 18.3. The van der Waals surface area contributed by atoms with Crippen LogP contribution in [0, 0.1) is 30.4 Å². The number of terminal acetylenes is 1. The Labute approximate surface area is 184 Å². The monoisotopic (exact) mass is 435 g/mol. The number of β-amino-alcohol motifs (C(OH)–C–C–N with tert-alkyl or cyclic N) is 1. The SMILES string of the molecule is C#C.CC.CC.NC1=C(/C=C(\N)c2c(F)cccc2F)CCCC1C(=O)N1CC(O)C1. The van der Waals surface area contributed by atoms with Gasteiger partial charge in [0.1, 0.15) is 11.6 Å². The van der Waals surface area contributed by atoms with Crippen LogP contribution in [-0.4, -0.2) is 35.1 Å². The second-order valence-corrected chi connectivity index (χ2v) is 6.52. The van der Waals surface area contributed by atoms with Crippen LogP contribution in [0.1, 0.15) is 52.5 Å². The Bertz CT molecular complexity index is 777. The van der Waals surface area contributed by atoms with Crippen molar-refractivity contribution in [3.63, 3.8) is 0 Å². The Morgan fingerprint density at radius 1 is 1.16 bits per heavy atom. The van der Waals surface area contributed by atoms with Gasteiger partial charge in [0, 0.05) is 24.5 Å². The number of aliphatic hydroxyl groups is 1. The quantitative estimate of drug-likeness (QED) is 0.630. The van der Waals surface area contributed by atoms with Gasteiger partial charge < -0.3 is 21.5 Å². The first-order valence-corrected chi connectivity index (χ1v) is 10.6. The van der Waals surface area contributed by atoms with E-state index in [2.05, 4.69) is 12.8 Å². The number of hydrogen-bond acceptors (Lipinski definition) is 4. The van der Waals surface area contributed by atoms with Crippen molar-refractivity contribution < 1.29 is 18.7 Å². The summed E-state index contributed by atoms with van der Waals surface area (Å²) in [6.45, 7) is 8.63. The molecule has 31 heavy (non-hydrogen) atoms. The molecule has 1 fully saturated rings. The van der Waals surface area contributed by atoms with Crippen LogP contribution in [-0.2, 0) is 4.79 Å². The summed E-state index contributed by atoms with van der Waals surface area (Å²) in [7, 11) is 0. The maximum atomic E-state index is 13.9. The number of carbonyl (C=O) groups excluding carboxylic acids is 1. The van der Waals surface area contributed by atoms with E-state index in [0.29, 0.717) is 37.2 Å². The molecule has 1 unspecified atom stereocenters. The van der Waals surface area contributed by atoms with Gasteiger partial charge in [0.25, 0.3) is 0 Å². The molecule has 1 aliphatic heterocycles. The van der Waals surface area contributed by atoms with Crippen LogP contribution in [0.15, 0.2) is 35.5 Å². The zero-order valence-corrected chi connectivity index (χ0v) is 18.9. The van der Waals surface area contributed by atoms with E-state index in [0.717, 1.165) is 18.6 Å². The number of benzene rings is 1. The van der Waals surface area contributed by atoms with Crippen LogP contribution < -0.4 is 11.5 Å². The molecule has 0 aromatic heterocycles. The van der Waals surface area contributed by atoms with Crippen LogP contribution in [0.5, 0.6) is 0 Å². The molecular formula is C24H35F2N3O2. The molecule has 7 heteroatoms. The van der Waals surface area contributed by atoms with Gasteiger partial charge in [-0.1, -0.05) is 33.8 Å². The van der Waals surface area contributed by atoms with E-state index < -0.39 is 23.7 Å². The van der Waals surface area contributed by atoms with E-state index in [1.54, 1.807) is 4.90 Å². The largest absolute Gasteiger partial charge is 0.401 e. The van der Waals surface area contributed by atoms with Crippen molar-refractivity contribution in [2.75, 3.05) is 13.1 Å². The van der Waals surface area contributed by atoms with Gasteiger partial charge in [0.2, 0.25) is 5.91 Å². The summed E-state index contributed by atoms with van der Waals surface area (Å²) in [6, 6.07) is 3.55. The van der Waals surface area contributed by atoms with Crippen molar-refractivity contribution in [1.29, 1.82) is 0 Å². The highest BCUT2D eigenvalue weighted by atomic mass is 19.1. The number of nitrogens with zero attached hydrogens (tertiary/aromatic N) is 1. The van der Waals surface area contributed by atoms with Crippen LogP contribution >= 0.6 is 0 Å². The van der Waals surface area contributed by atoms with Crippen molar-refractivity contribution in [1.82, 2.24) is 4.90 Å². The van der Waals surface area contributed by atoms with Gasteiger partial charge in [-0.05, 0) is 43.0 Å². The predicted octanol–water partition coefficient (Wildman–Crippen LogP) is 3.78. The average molecular weight is 436 g/mol. The summed E-state index contributed by atoms with van der Waals surface area (Å²) < 4.78 is 27.7. The molecule has 2 aliphatic rings. The molecule has 0 radical (unpaired) electrons. The lowest BCUT2D eigenvalue weighted by Gasteiger charge is -2.39. The third kappa shape index (κ3) is 7.11. The van der Waals surface area contributed by atoms with E-state index >= 15 is 0 Å². The second-order valence-electron chi connectivity index (χ2n) is 6.52. The van der Waals surface area contributed by atoms with Gasteiger partial charge in [-0.2, -0.15) is 0 Å². The first-order chi connectivity index (χ1) is 14.9. The van der Waals surface area contributed by atoms with E-state index in [4.69, 9.17) is 11.5 Å². The first kappa shape index (κ1) is 28.1. The fraction of sp³-hybridized carbons (Fsp3) is 0.458. The zero-order valence-electron chi connectivity index (χ0n) is 18.9. The van der Waals surface area contributed by atoms with E-state index in [9.17, 15) is 18.7 Å². The number of hydrogen-bond donors (Lipinski definition) is 3. The number of amides is 1. The Morgan fingerprint density at radius 3 is 2.16 bits per heavy atom. The number of halogens is 2. The number of likely N-dealkylation sites (tertiary alicyclic amines) is 1. The molecule has 5 nitrogen and oxygen atoms in total. The summed E-state index contributed by atoms with van der Waals surface area (Å²) in [4.78, 5) is 14.0. The molecule has 0 spiro atoms. The summed E-state index contributed by atoms with van der Waals surface area (Å²) in [5.74, 6) is -2.09. The Kier molecular flexibility index (Phi) is 12.9. The first-order valence-electron chi connectivity index (χ1n) is 10.6. The third-order valence-corrected chi connectivity index (χ3v) is 4.74. The molecule has 1 atom stereocenters. The van der Waals surface area contributed by atoms with Gasteiger partial charge in [0.05, 0.1) is 17.6 Å². The summed E-state index contributed by atoms with van der Waals surface area (Å²) in [5, 5.41) is 9.35. The minimum Gasteiger partial charge on any atom is -0.401 e. The number of carbonyl (C=O) groups is 1. The molecule has 172 valence electrons. The standard InChI is InChI=1S/C18H21F2N3O2.2C2H6.C2H2/c19-13-5-2-6-14(20)16(13)15(21)7-10-3-1-4-12(17(10)22)18(25)23-8-11(24)9-23;3*1-2/h2,5-7,11-12,24H,1,3-4,8-9,21-22H2;2*1-2H3;1-2H/b15-7-;;;. The van der Waals surface area contributed by atoms with Gasteiger partial charge in [-0.3, -0.25) is 4.79 Å². The van der Waals surface area contributed by atoms with Gasteiger partial charge in [-0.15, -0.1) is 12.8 Å². The number of rotatable bonds is 3. The van der Waals surface area contributed by atoms with Crippen LogP contribution in [0.2, 0.25) is 0 Å². The summed E-state index contributed by atoms with van der Waals surface area (Å²) in [6.07, 6.45) is 10.9. The van der Waals surface area contributed by atoms with Crippen molar-refractivity contribution >= 4 is 11.6 Å². The predicted molar refractivity (Wildman–Crippen MR) is 122 cm³/mol. The topological polar surface area (TPSA) is 92.6 Å². The van der Waals surface area contributed by atoms with Gasteiger partial charge in [-0.25, -0.2) is 8.78 Å². The van der Waals surface area contributed by atoms with Gasteiger partial charge in [0.15, 0.2) is 0 Å². The molecule has 0 saturated carbocycles. The third-order valence-electron chi connectivity index (χ3n) is 4.74. The van der Waals surface area contributed by atoms with E-state index in [1.807, 2.05) is 27.7 Å². The highest BCUT2D eigenvalue weighted by Crippen LogP contribution is 2.32. The van der Waals surface area contributed by atoms with E-state index in [-0.39, 0.29) is 17.2 Å². The Hall–Kier alpha value is -2.85. The minimum absolute atomic E-state index is 0.0546. The average Bonchev–Trinajstić information content (AvgIpc) is 2.76.